The molecule has 0 aromatic heterocycles. The lowest BCUT2D eigenvalue weighted by Gasteiger charge is -2.14. The molecule has 1 atom stereocenters. The minimum Gasteiger partial charge on any atom is -0.301 e. The van der Waals surface area contributed by atoms with Gasteiger partial charge in [-0.1, -0.05) is 22.9 Å². The largest absolute Gasteiger partial charge is 0.301 e. The number of alkyl halides is 1. The summed E-state index contributed by atoms with van der Waals surface area (Å²) >= 11 is 3.54. The Morgan fingerprint density at radius 2 is 2.14 bits per heavy atom. The van der Waals surface area contributed by atoms with Gasteiger partial charge in [0.05, 0.1) is 5.75 Å². The highest BCUT2D eigenvalue weighted by Crippen LogP contribution is 2.16. The molecule has 1 fully saturated rings. The lowest BCUT2D eigenvalue weighted by Crippen LogP contribution is -2.28. The molecular weight excluding hydrogens is 266 g/mol. The molecule has 0 spiro atoms. The van der Waals surface area contributed by atoms with Crippen molar-refractivity contribution in [1.29, 1.82) is 0 Å². The molecule has 1 aliphatic heterocycles. The van der Waals surface area contributed by atoms with E-state index in [0.29, 0.717) is 22.9 Å². The van der Waals surface area contributed by atoms with Crippen LogP contribution < -0.4 is 0 Å². The van der Waals surface area contributed by atoms with Gasteiger partial charge in [0.25, 0.3) is 0 Å². The van der Waals surface area contributed by atoms with Crippen molar-refractivity contribution in [2.24, 2.45) is 0 Å². The summed E-state index contributed by atoms with van der Waals surface area (Å²) in [5, 5.41) is 0. The molecule has 1 saturated heterocycles. The number of nitrogens with zero attached hydrogens (tertiary/aromatic N) is 1. The molecule has 1 heterocycles. The van der Waals surface area contributed by atoms with Gasteiger partial charge in [0.2, 0.25) is 0 Å². The summed E-state index contributed by atoms with van der Waals surface area (Å²) < 4.78 is 22.9. The Labute approximate surface area is 94.9 Å². The van der Waals surface area contributed by atoms with Gasteiger partial charge in [0.1, 0.15) is 0 Å². The smallest absolute Gasteiger partial charge is 0.151 e. The lowest BCUT2D eigenvalue weighted by molar-refractivity contribution is 0.360. The zero-order valence-electron chi connectivity index (χ0n) is 8.58. The van der Waals surface area contributed by atoms with E-state index >= 15 is 0 Å². The predicted molar refractivity (Wildman–Crippen MR) is 62.7 cm³/mol. The van der Waals surface area contributed by atoms with Crippen molar-refractivity contribution >= 4 is 25.8 Å². The van der Waals surface area contributed by atoms with Crippen LogP contribution >= 0.6 is 15.9 Å². The molecule has 1 rings (SSSR count). The molecule has 0 amide bonds. The van der Waals surface area contributed by atoms with Crippen LogP contribution in [-0.2, 0) is 9.84 Å². The van der Waals surface area contributed by atoms with Crippen molar-refractivity contribution in [2.75, 3.05) is 31.1 Å². The van der Waals surface area contributed by atoms with Crippen molar-refractivity contribution in [2.45, 2.75) is 24.6 Å². The van der Waals surface area contributed by atoms with Gasteiger partial charge in [-0.05, 0) is 19.4 Å². The normalized spacial score (nSPS) is 24.3. The maximum Gasteiger partial charge on any atom is 0.151 e. The van der Waals surface area contributed by atoms with E-state index in [0.717, 1.165) is 25.9 Å². The number of sulfone groups is 1. The fourth-order valence-corrected chi connectivity index (χ4v) is 3.65. The standard InChI is InChI=1S/C9H18BrNO2S/c1-2-6-14(12,13)7-5-11-4-3-9(10)8-11/h9H,2-8H2,1H3. The van der Waals surface area contributed by atoms with Crippen LogP contribution in [-0.4, -0.2) is 49.3 Å². The summed E-state index contributed by atoms with van der Waals surface area (Å²) in [7, 11) is -2.79. The highest BCUT2D eigenvalue weighted by atomic mass is 79.9. The maximum absolute atomic E-state index is 11.4. The van der Waals surface area contributed by atoms with E-state index in [9.17, 15) is 8.42 Å². The van der Waals surface area contributed by atoms with E-state index in [1.54, 1.807) is 0 Å². The average molecular weight is 284 g/mol. The third-order valence-electron chi connectivity index (χ3n) is 2.45. The lowest BCUT2D eigenvalue weighted by atomic mass is 10.4. The Hall–Kier alpha value is 0.390. The van der Waals surface area contributed by atoms with Crippen molar-refractivity contribution in [3.05, 3.63) is 0 Å². The van der Waals surface area contributed by atoms with Gasteiger partial charge in [0, 0.05) is 23.7 Å². The van der Waals surface area contributed by atoms with Gasteiger partial charge in [-0.2, -0.15) is 0 Å². The second kappa shape index (κ2) is 5.47. The van der Waals surface area contributed by atoms with E-state index in [1.807, 2.05) is 6.92 Å². The topological polar surface area (TPSA) is 37.4 Å². The average Bonchev–Trinajstić information content (AvgIpc) is 2.48. The molecule has 0 saturated carbocycles. The molecule has 0 N–H and O–H groups in total. The van der Waals surface area contributed by atoms with Crippen LogP contribution in [0.5, 0.6) is 0 Å². The summed E-state index contributed by atoms with van der Waals surface area (Å²) in [6, 6.07) is 0. The molecule has 1 aliphatic rings. The van der Waals surface area contributed by atoms with Gasteiger partial charge in [-0.25, -0.2) is 8.42 Å². The Bertz CT molecular complexity index is 266. The quantitative estimate of drug-likeness (QED) is 0.714. The molecule has 0 radical (unpaired) electrons. The van der Waals surface area contributed by atoms with E-state index in [2.05, 4.69) is 20.8 Å². The van der Waals surface area contributed by atoms with Gasteiger partial charge in [0.15, 0.2) is 9.84 Å². The summed E-state index contributed by atoms with van der Waals surface area (Å²) in [6.07, 6.45) is 1.86. The van der Waals surface area contributed by atoms with Gasteiger partial charge < -0.3 is 4.90 Å². The first-order valence-corrected chi connectivity index (χ1v) is 7.84. The molecule has 0 aromatic rings. The van der Waals surface area contributed by atoms with Crippen molar-refractivity contribution in [1.82, 2.24) is 4.90 Å². The Morgan fingerprint density at radius 3 is 2.64 bits per heavy atom. The zero-order valence-corrected chi connectivity index (χ0v) is 11.0. The molecule has 0 aromatic carbocycles. The second-order valence-corrected chi connectivity index (χ2v) is 7.44. The Kier molecular flexibility index (Phi) is 4.87. The zero-order chi connectivity index (χ0) is 10.6. The van der Waals surface area contributed by atoms with Gasteiger partial charge in [-0.3, -0.25) is 0 Å². The fraction of sp³-hybridized carbons (Fsp3) is 1.00. The number of hydrogen-bond acceptors (Lipinski definition) is 3. The molecule has 0 bridgehead atoms. The predicted octanol–water partition coefficient (Wildman–Crippen LogP) is 1.28. The van der Waals surface area contributed by atoms with E-state index in [1.165, 1.54) is 0 Å². The number of hydrogen-bond donors (Lipinski definition) is 0. The molecule has 14 heavy (non-hydrogen) atoms. The van der Waals surface area contributed by atoms with E-state index in [4.69, 9.17) is 0 Å². The fourth-order valence-electron chi connectivity index (χ4n) is 1.67. The van der Waals surface area contributed by atoms with Crippen LogP contribution in [0.15, 0.2) is 0 Å². The van der Waals surface area contributed by atoms with Crippen LogP contribution in [0.3, 0.4) is 0 Å². The number of likely N-dealkylation sites (tertiary alicyclic amines) is 1. The summed E-state index contributed by atoms with van der Waals surface area (Å²) in [5.41, 5.74) is 0. The summed E-state index contributed by atoms with van der Waals surface area (Å²) in [4.78, 5) is 2.77. The number of rotatable bonds is 5. The highest BCUT2D eigenvalue weighted by Gasteiger charge is 2.21. The minimum atomic E-state index is -2.79. The molecule has 5 heteroatoms. The first-order valence-electron chi connectivity index (χ1n) is 5.10. The summed E-state index contributed by atoms with van der Waals surface area (Å²) in [6.45, 7) is 4.62. The highest BCUT2D eigenvalue weighted by molar-refractivity contribution is 9.09. The molecular formula is C9H18BrNO2S. The monoisotopic (exact) mass is 283 g/mol. The first kappa shape index (κ1) is 12.5. The van der Waals surface area contributed by atoms with Crippen LogP contribution in [0.2, 0.25) is 0 Å². The third-order valence-corrected chi connectivity index (χ3v) is 5.03. The minimum absolute atomic E-state index is 0.320. The van der Waals surface area contributed by atoms with Gasteiger partial charge in [-0.15, -0.1) is 0 Å². The van der Waals surface area contributed by atoms with E-state index < -0.39 is 9.84 Å². The van der Waals surface area contributed by atoms with E-state index in [-0.39, 0.29) is 0 Å². The summed E-state index contributed by atoms with van der Waals surface area (Å²) in [5.74, 6) is 0.652. The van der Waals surface area contributed by atoms with Crippen molar-refractivity contribution in [3.63, 3.8) is 0 Å². The number of halogens is 1. The van der Waals surface area contributed by atoms with Crippen molar-refractivity contribution in [3.8, 4) is 0 Å². The third kappa shape index (κ3) is 4.28. The van der Waals surface area contributed by atoms with Crippen molar-refractivity contribution < 1.29 is 8.42 Å². The molecule has 1 unspecified atom stereocenters. The molecule has 3 nitrogen and oxygen atoms in total. The van der Waals surface area contributed by atoms with Gasteiger partial charge >= 0.3 is 0 Å². The van der Waals surface area contributed by atoms with Crippen LogP contribution in [0.1, 0.15) is 19.8 Å². The molecule has 0 aliphatic carbocycles. The second-order valence-electron chi connectivity index (χ2n) is 3.84. The van der Waals surface area contributed by atoms with Crippen LogP contribution in [0.4, 0.5) is 0 Å². The van der Waals surface area contributed by atoms with Crippen LogP contribution in [0.25, 0.3) is 0 Å². The SMILES string of the molecule is CCCS(=O)(=O)CCN1CCC(Br)C1. The first-order chi connectivity index (χ1) is 6.53. The maximum atomic E-state index is 11.4. The molecule has 84 valence electrons. The van der Waals surface area contributed by atoms with Crippen LogP contribution in [0, 0.1) is 0 Å². The Balaban J connectivity index is 2.26. The Morgan fingerprint density at radius 1 is 1.43 bits per heavy atom.